The average Bonchev–Trinajstić information content (AvgIpc) is 3.46. The number of unbranched alkanes of at least 4 members (excludes halogenated alkanes) is 48. The van der Waals surface area contributed by atoms with Gasteiger partial charge in [0.05, 0.1) is 0 Å². The van der Waals surface area contributed by atoms with Crippen LogP contribution in [0.5, 0.6) is 0 Å². The molecule has 0 spiro atoms. The Morgan fingerprint density at radius 2 is 0.481 bits per heavy atom. The molecule has 0 bridgehead atoms. The molecule has 0 aromatic carbocycles. The van der Waals surface area contributed by atoms with Gasteiger partial charge in [0.1, 0.15) is 13.2 Å². The van der Waals surface area contributed by atoms with Crippen LogP contribution >= 0.6 is 0 Å². The van der Waals surface area contributed by atoms with Crippen LogP contribution < -0.4 is 0 Å². The molecule has 0 aliphatic rings. The minimum absolute atomic E-state index is 0.0773. The lowest BCUT2D eigenvalue weighted by molar-refractivity contribution is -0.167. The van der Waals surface area contributed by atoms with E-state index in [4.69, 9.17) is 14.2 Å². The molecule has 0 aliphatic carbocycles. The van der Waals surface area contributed by atoms with Crippen LogP contribution in [0.3, 0.4) is 0 Å². The number of allylic oxidation sites excluding steroid dienone is 8. The lowest BCUT2D eigenvalue weighted by Crippen LogP contribution is -2.30. The van der Waals surface area contributed by atoms with Crippen LogP contribution in [0.25, 0.3) is 0 Å². The monoisotopic (exact) mass is 1140 g/mol. The first-order valence-corrected chi connectivity index (χ1v) is 36.1. The van der Waals surface area contributed by atoms with Gasteiger partial charge in [0.2, 0.25) is 0 Å². The Kier molecular flexibility index (Phi) is 67.6. The molecule has 0 fully saturated rings. The highest BCUT2D eigenvalue weighted by molar-refractivity contribution is 5.71. The van der Waals surface area contributed by atoms with Gasteiger partial charge in [-0.3, -0.25) is 14.4 Å². The number of esters is 3. The maximum atomic E-state index is 12.9. The van der Waals surface area contributed by atoms with E-state index in [1.807, 2.05) is 0 Å². The summed E-state index contributed by atoms with van der Waals surface area (Å²) >= 11 is 0. The molecule has 81 heavy (non-hydrogen) atoms. The average molecular weight is 1140 g/mol. The van der Waals surface area contributed by atoms with Crippen molar-refractivity contribution in [2.75, 3.05) is 13.2 Å². The Labute approximate surface area is 505 Å². The fraction of sp³-hybridized carbons (Fsp3) is 0.853. The first-order valence-electron chi connectivity index (χ1n) is 36.1. The van der Waals surface area contributed by atoms with E-state index in [0.29, 0.717) is 19.3 Å². The fourth-order valence-corrected chi connectivity index (χ4v) is 10.9. The number of carbonyl (C=O) groups excluding carboxylic acids is 3. The third kappa shape index (κ3) is 68.0. The van der Waals surface area contributed by atoms with Crippen molar-refractivity contribution >= 4 is 17.9 Å². The second-order valence-corrected chi connectivity index (χ2v) is 24.5. The predicted octanol–water partition coefficient (Wildman–Crippen LogP) is 24.9. The highest BCUT2D eigenvalue weighted by Gasteiger charge is 2.19. The summed E-state index contributed by atoms with van der Waals surface area (Å²) in [5.41, 5.74) is 0. The Morgan fingerprint density at radius 1 is 0.259 bits per heavy atom. The van der Waals surface area contributed by atoms with Crippen LogP contribution in [0.4, 0.5) is 0 Å². The van der Waals surface area contributed by atoms with Gasteiger partial charge < -0.3 is 14.2 Å². The zero-order valence-corrected chi connectivity index (χ0v) is 54.6. The second kappa shape index (κ2) is 69.9. The van der Waals surface area contributed by atoms with E-state index in [0.717, 1.165) is 83.5 Å². The summed E-state index contributed by atoms with van der Waals surface area (Å²) in [5, 5.41) is 0. The van der Waals surface area contributed by atoms with Crippen LogP contribution in [0.15, 0.2) is 48.6 Å². The third-order valence-electron chi connectivity index (χ3n) is 16.3. The Bertz CT molecular complexity index is 1400. The fourth-order valence-electron chi connectivity index (χ4n) is 10.9. The normalized spacial score (nSPS) is 12.3. The van der Waals surface area contributed by atoms with Crippen molar-refractivity contribution in [3.8, 4) is 0 Å². The van der Waals surface area contributed by atoms with Crippen molar-refractivity contribution in [2.24, 2.45) is 0 Å². The van der Waals surface area contributed by atoms with Gasteiger partial charge in [-0.1, -0.05) is 345 Å². The molecule has 6 nitrogen and oxygen atoms in total. The van der Waals surface area contributed by atoms with Crippen LogP contribution in [0.1, 0.15) is 393 Å². The van der Waals surface area contributed by atoms with Crippen molar-refractivity contribution in [1.82, 2.24) is 0 Å². The minimum atomic E-state index is -0.783. The zero-order chi connectivity index (χ0) is 58.5. The molecule has 474 valence electrons. The number of rotatable bonds is 67. The van der Waals surface area contributed by atoms with Crippen molar-refractivity contribution in [1.29, 1.82) is 0 Å². The highest BCUT2D eigenvalue weighted by Crippen LogP contribution is 2.19. The molecule has 0 aliphatic heterocycles. The van der Waals surface area contributed by atoms with E-state index in [-0.39, 0.29) is 31.1 Å². The number of hydrogen-bond acceptors (Lipinski definition) is 6. The third-order valence-corrected chi connectivity index (χ3v) is 16.3. The van der Waals surface area contributed by atoms with Crippen LogP contribution in [-0.2, 0) is 28.6 Å². The topological polar surface area (TPSA) is 78.9 Å². The van der Waals surface area contributed by atoms with Crippen LogP contribution in [-0.4, -0.2) is 37.2 Å². The lowest BCUT2D eigenvalue weighted by atomic mass is 10.0. The van der Waals surface area contributed by atoms with Gasteiger partial charge in [-0.05, 0) is 77.0 Å². The zero-order valence-electron chi connectivity index (χ0n) is 54.6. The van der Waals surface area contributed by atoms with Crippen molar-refractivity contribution in [3.05, 3.63) is 48.6 Å². The standard InChI is InChI=1S/C75H138O6/c1-4-7-10-13-16-19-22-25-27-29-31-32-33-34-35-36-37-38-39-40-41-42-44-45-47-50-53-56-59-62-65-68-74(77)80-71-72(70-79-73(76)67-64-61-58-55-52-49-24-21-18-15-12-9-6-3)81-75(78)69-66-63-60-57-54-51-48-46-43-30-28-26-23-20-17-14-11-8-5-2/h9,12,18,21,29,31,49,52,72H,4-8,10-11,13-17,19-20,22-28,30,32-48,50-51,53-71H2,1-3H3/b12-9-,21-18-,31-29-,52-49-. The van der Waals surface area contributed by atoms with Gasteiger partial charge in [0.15, 0.2) is 6.10 Å². The van der Waals surface area contributed by atoms with E-state index in [9.17, 15) is 14.4 Å². The molecule has 0 heterocycles. The first-order chi connectivity index (χ1) is 40.0. The quantitative estimate of drug-likeness (QED) is 0.0261. The highest BCUT2D eigenvalue weighted by atomic mass is 16.6. The van der Waals surface area contributed by atoms with Crippen molar-refractivity contribution < 1.29 is 28.6 Å². The smallest absolute Gasteiger partial charge is 0.306 e. The molecule has 6 heteroatoms. The van der Waals surface area contributed by atoms with Gasteiger partial charge in [0, 0.05) is 19.3 Å². The largest absolute Gasteiger partial charge is 0.462 e. The minimum Gasteiger partial charge on any atom is -0.462 e. The molecule has 0 aromatic heterocycles. The van der Waals surface area contributed by atoms with Crippen molar-refractivity contribution in [2.45, 2.75) is 399 Å². The summed E-state index contributed by atoms with van der Waals surface area (Å²) in [6.45, 7) is 6.57. The molecule has 0 aromatic rings. The maximum Gasteiger partial charge on any atom is 0.306 e. The van der Waals surface area contributed by atoms with Crippen LogP contribution in [0, 0.1) is 0 Å². The summed E-state index contributed by atoms with van der Waals surface area (Å²) in [5.74, 6) is -0.881. The molecule has 0 radical (unpaired) electrons. The Hall–Kier alpha value is -2.63. The molecule has 1 atom stereocenters. The van der Waals surface area contributed by atoms with E-state index in [1.165, 1.54) is 270 Å². The molecule has 1 unspecified atom stereocenters. The molecule has 0 amide bonds. The summed E-state index contributed by atoms with van der Waals surface area (Å²) in [7, 11) is 0. The number of ether oxygens (including phenoxy) is 3. The van der Waals surface area contributed by atoms with Gasteiger partial charge in [-0.25, -0.2) is 0 Å². The number of carbonyl (C=O) groups is 3. The lowest BCUT2D eigenvalue weighted by Gasteiger charge is -2.18. The molecule has 0 saturated heterocycles. The Morgan fingerprint density at radius 3 is 0.778 bits per heavy atom. The summed E-state index contributed by atoms with van der Waals surface area (Å²) in [6, 6.07) is 0. The summed E-state index contributed by atoms with van der Waals surface area (Å²) in [6.07, 6.45) is 88.8. The van der Waals surface area contributed by atoms with E-state index < -0.39 is 6.10 Å². The summed E-state index contributed by atoms with van der Waals surface area (Å²) < 4.78 is 17.0. The van der Waals surface area contributed by atoms with E-state index in [1.54, 1.807) is 0 Å². The van der Waals surface area contributed by atoms with Crippen molar-refractivity contribution in [3.63, 3.8) is 0 Å². The second-order valence-electron chi connectivity index (χ2n) is 24.5. The predicted molar refractivity (Wildman–Crippen MR) is 353 cm³/mol. The molecule has 0 saturated carbocycles. The SMILES string of the molecule is CC/C=C\C/C=C\C/C=C\CCCCCC(=O)OCC(COC(=O)CCCCCCCCCCCCCCCCCCCCC/C=C\CCCCCCCCCC)OC(=O)CCCCCCCCCCCCCCCCCCCCC. The molecular formula is C75H138O6. The first kappa shape index (κ1) is 78.4. The Balaban J connectivity index is 4.16. The molecular weight excluding hydrogens is 997 g/mol. The van der Waals surface area contributed by atoms with E-state index in [2.05, 4.69) is 69.4 Å². The maximum absolute atomic E-state index is 12.9. The summed E-state index contributed by atoms with van der Waals surface area (Å²) in [4.78, 5) is 38.4. The molecule has 0 N–H and O–H groups in total. The van der Waals surface area contributed by atoms with Gasteiger partial charge in [0.25, 0.3) is 0 Å². The van der Waals surface area contributed by atoms with E-state index >= 15 is 0 Å². The number of hydrogen-bond donors (Lipinski definition) is 0. The van der Waals surface area contributed by atoms with Gasteiger partial charge >= 0.3 is 17.9 Å². The van der Waals surface area contributed by atoms with Gasteiger partial charge in [-0.15, -0.1) is 0 Å². The van der Waals surface area contributed by atoms with Gasteiger partial charge in [-0.2, -0.15) is 0 Å². The van der Waals surface area contributed by atoms with Crippen LogP contribution in [0.2, 0.25) is 0 Å². The molecule has 0 rings (SSSR count).